The molecule has 5 nitrogen and oxygen atoms in total. The summed E-state index contributed by atoms with van der Waals surface area (Å²) in [5.41, 5.74) is 0.513. The molecule has 0 bridgehead atoms. The maximum absolute atomic E-state index is 14.4. The zero-order valence-electron chi connectivity index (χ0n) is 15.2. The average Bonchev–Trinajstić information content (AvgIpc) is 2.51. The van der Waals surface area contributed by atoms with Crippen molar-refractivity contribution in [1.29, 1.82) is 0 Å². The fourth-order valence-corrected chi connectivity index (χ4v) is 3.37. The molecule has 0 spiro atoms. The van der Waals surface area contributed by atoms with E-state index in [1.54, 1.807) is 6.07 Å². The maximum Gasteiger partial charge on any atom is 0.408 e. The van der Waals surface area contributed by atoms with Gasteiger partial charge in [0.15, 0.2) is 0 Å². The highest BCUT2D eigenvalue weighted by atomic mass is 19.1. The van der Waals surface area contributed by atoms with E-state index in [1.165, 1.54) is 6.07 Å². The first-order chi connectivity index (χ1) is 11.8. The van der Waals surface area contributed by atoms with Crippen molar-refractivity contribution < 1.29 is 18.7 Å². The van der Waals surface area contributed by atoms with Crippen LogP contribution < -0.4 is 10.2 Å². The van der Waals surface area contributed by atoms with Crippen LogP contribution in [0, 0.1) is 5.82 Å². The van der Waals surface area contributed by atoms with E-state index in [-0.39, 0.29) is 5.82 Å². The number of halogens is 1. The number of morpholine rings is 1. The van der Waals surface area contributed by atoms with Crippen LogP contribution in [0.3, 0.4) is 0 Å². The first kappa shape index (κ1) is 18.0. The van der Waals surface area contributed by atoms with Crippen LogP contribution in [0.25, 0.3) is 0 Å². The van der Waals surface area contributed by atoms with Crippen LogP contribution in [0.2, 0.25) is 0 Å². The lowest BCUT2D eigenvalue weighted by Crippen LogP contribution is -2.52. The van der Waals surface area contributed by atoms with Crippen molar-refractivity contribution in [3.63, 3.8) is 0 Å². The Balaban J connectivity index is 1.82. The third-order valence-corrected chi connectivity index (χ3v) is 4.80. The highest BCUT2D eigenvalue weighted by Crippen LogP contribution is 2.43. The van der Waals surface area contributed by atoms with Gasteiger partial charge < -0.3 is 19.7 Å². The number of hydrogen-bond donors (Lipinski definition) is 1. The van der Waals surface area contributed by atoms with Crippen molar-refractivity contribution >= 4 is 11.8 Å². The Morgan fingerprint density at radius 3 is 2.52 bits per heavy atom. The van der Waals surface area contributed by atoms with Crippen molar-refractivity contribution in [3.05, 3.63) is 29.6 Å². The van der Waals surface area contributed by atoms with E-state index in [4.69, 9.17) is 9.47 Å². The molecule has 3 rings (SSSR count). The van der Waals surface area contributed by atoms with Gasteiger partial charge in [-0.1, -0.05) is 6.07 Å². The minimum Gasteiger partial charge on any atom is -0.444 e. The SMILES string of the molecule is CC(C)(C)OC(=O)NC1(c2ccc(F)c(N3CCOCC3)c2)CCC1. The van der Waals surface area contributed by atoms with E-state index in [9.17, 15) is 9.18 Å². The minimum atomic E-state index is -0.545. The van der Waals surface area contributed by atoms with Gasteiger partial charge >= 0.3 is 6.09 Å². The molecule has 1 aliphatic heterocycles. The molecule has 1 saturated carbocycles. The Labute approximate surface area is 148 Å². The fraction of sp³-hybridized carbons (Fsp3) is 0.632. The Bertz CT molecular complexity index is 632. The lowest BCUT2D eigenvalue weighted by atomic mass is 9.71. The van der Waals surface area contributed by atoms with E-state index in [0.29, 0.717) is 32.0 Å². The number of carbonyl (C=O) groups is 1. The fourth-order valence-electron chi connectivity index (χ4n) is 3.37. The monoisotopic (exact) mass is 350 g/mol. The van der Waals surface area contributed by atoms with Crippen LogP contribution in [0.15, 0.2) is 18.2 Å². The van der Waals surface area contributed by atoms with Gasteiger partial charge in [0.05, 0.1) is 24.4 Å². The highest BCUT2D eigenvalue weighted by Gasteiger charge is 2.41. The molecule has 0 atom stereocenters. The largest absolute Gasteiger partial charge is 0.444 e. The number of amides is 1. The van der Waals surface area contributed by atoms with Gasteiger partial charge in [-0.05, 0) is 57.7 Å². The molecule has 2 aliphatic rings. The van der Waals surface area contributed by atoms with Gasteiger partial charge in [-0.15, -0.1) is 0 Å². The van der Waals surface area contributed by atoms with Gasteiger partial charge in [-0.2, -0.15) is 0 Å². The number of rotatable bonds is 3. The summed E-state index contributed by atoms with van der Waals surface area (Å²) in [6.07, 6.45) is 2.27. The summed E-state index contributed by atoms with van der Waals surface area (Å²) in [7, 11) is 0. The standard InChI is InChI=1S/C19H27FN2O3/c1-18(2,3)25-17(23)21-19(7-4-8-19)14-5-6-15(20)16(13-14)22-9-11-24-12-10-22/h5-6,13H,4,7-12H2,1-3H3,(H,21,23). The molecule has 0 unspecified atom stereocenters. The van der Waals surface area contributed by atoms with E-state index >= 15 is 0 Å². The van der Waals surface area contributed by atoms with Gasteiger partial charge in [0.2, 0.25) is 0 Å². The van der Waals surface area contributed by atoms with Crippen LogP contribution in [-0.2, 0) is 15.0 Å². The molecule has 6 heteroatoms. The van der Waals surface area contributed by atoms with Gasteiger partial charge in [0.25, 0.3) is 0 Å². The number of hydrogen-bond acceptors (Lipinski definition) is 4. The number of anilines is 1. The minimum absolute atomic E-state index is 0.239. The molecule has 2 fully saturated rings. The van der Waals surface area contributed by atoms with Crippen LogP contribution in [0.5, 0.6) is 0 Å². The van der Waals surface area contributed by atoms with E-state index in [2.05, 4.69) is 5.32 Å². The Hall–Kier alpha value is -1.82. The summed E-state index contributed by atoms with van der Waals surface area (Å²) < 4.78 is 25.1. The topological polar surface area (TPSA) is 50.8 Å². The van der Waals surface area contributed by atoms with Gasteiger partial charge in [-0.25, -0.2) is 9.18 Å². The van der Waals surface area contributed by atoms with Crippen molar-refractivity contribution in [1.82, 2.24) is 5.32 Å². The van der Waals surface area contributed by atoms with Crippen LogP contribution in [-0.4, -0.2) is 38.0 Å². The Morgan fingerprint density at radius 2 is 1.96 bits per heavy atom. The smallest absolute Gasteiger partial charge is 0.408 e. The molecule has 25 heavy (non-hydrogen) atoms. The second-order valence-corrected chi connectivity index (χ2v) is 7.83. The first-order valence-corrected chi connectivity index (χ1v) is 8.93. The molecular weight excluding hydrogens is 323 g/mol. The number of nitrogens with zero attached hydrogens (tertiary/aromatic N) is 1. The van der Waals surface area contributed by atoms with Gasteiger partial charge in [-0.3, -0.25) is 0 Å². The number of ether oxygens (including phenoxy) is 2. The molecular formula is C19H27FN2O3. The second-order valence-electron chi connectivity index (χ2n) is 7.83. The second kappa shape index (κ2) is 6.83. The van der Waals surface area contributed by atoms with E-state index < -0.39 is 17.2 Å². The zero-order chi connectivity index (χ0) is 18.1. The maximum atomic E-state index is 14.4. The Kier molecular flexibility index (Phi) is 4.91. The van der Waals surface area contributed by atoms with Crippen LogP contribution in [0.1, 0.15) is 45.6 Å². The first-order valence-electron chi connectivity index (χ1n) is 8.93. The molecule has 0 aromatic heterocycles. The molecule has 1 heterocycles. The molecule has 0 radical (unpaired) electrons. The lowest BCUT2D eigenvalue weighted by molar-refractivity contribution is 0.0377. The molecule has 1 aromatic carbocycles. The number of alkyl carbamates (subject to hydrolysis) is 1. The third-order valence-electron chi connectivity index (χ3n) is 4.80. The van der Waals surface area contributed by atoms with Crippen LogP contribution in [0.4, 0.5) is 14.9 Å². The average molecular weight is 350 g/mol. The predicted molar refractivity (Wildman–Crippen MR) is 94.3 cm³/mol. The quantitative estimate of drug-likeness (QED) is 0.905. The Morgan fingerprint density at radius 1 is 1.28 bits per heavy atom. The summed E-state index contributed by atoms with van der Waals surface area (Å²) in [4.78, 5) is 14.3. The number of benzene rings is 1. The van der Waals surface area contributed by atoms with Crippen molar-refractivity contribution in [3.8, 4) is 0 Å². The van der Waals surface area contributed by atoms with Crippen LogP contribution >= 0.6 is 0 Å². The van der Waals surface area contributed by atoms with E-state index in [0.717, 1.165) is 24.8 Å². The highest BCUT2D eigenvalue weighted by molar-refractivity contribution is 5.70. The number of nitrogens with one attached hydrogen (secondary N) is 1. The zero-order valence-corrected chi connectivity index (χ0v) is 15.2. The summed E-state index contributed by atoms with van der Waals surface area (Å²) in [5, 5.41) is 3.03. The molecule has 138 valence electrons. The molecule has 1 aliphatic carbocycles. The molecule has 1 N–H and O–H groups in total. The van der Waals surface area contributed by atoms with E-state index in [1.807, 2.05) is 31.7 Å². The molecule has 1 amide bonds. The third kappa shape index (κ3) is 4.06. The summed E-state index contributed by atoms with van der Waals surface area (Å²) in [6, 6.07) is 5.14. The summed E-state index contributed by atoms with van der Waals surface area (Å²) >= 11 is 0. The normalized spacial score (nSPS) is 19.9. The number of carbonyl (C=O) groups excluding carboxylic acids is 1. The summed E-state index contributed by atoms with van der Waals surface area (Å²) in [5.74, 6) is -0.239. The van der Waals surface area contributed by atoms with Gasteiger partial charge in [0.1, 0.15) is 11.4 Å². The van der Waals surface area contributed by atoms with Crippen molar-refractivity contribution in [2.75, 3.05) is 31.2 Å². The molecule has 1 aromatic rings. The van der Waals surface area contributed by atoms with Crippen molar-refractivity contribution in [2.45, 2.75) is 51.2 Å². The summed E-state index contributed by atoms with van der Waals surface area (Å²) in [6.45, 7) is 8.08. The lowest BCUT2D eigenvalue weighted by Gasteiger charge is -2.43. The molecule has 1 saturated heterocycles. The van der Waals surface area contributed by atoms with Crippen molar-refractivity contribution in [2.24, 2.45) is 0 Å². The predicted octanol–water partition coefficient (Wildman–Crippen LogP) is 3.57. The van der Waals surface area contributed by atoms with Gasteiger partial charge in [0, 0.05) is 13.1 Å².